The van der Waals surface area contributed by atoms with Crippen LogP contribution in [0.15, 0.2) is 11.9 Å². The first-order valence-electron chi connectivity index (χ1n) is 2.38. The van der Waals surface area contributed by atoms with Crippen LogP contribution in [0.4, 0.5) is 17.6 Å². The Hall–Kier alpha value is -0.540. The fourth-order valence-electron chi connectivity index (χ4n) is 0.339. The third-order valence-corrected chi connectivity index (χ3v) is 0.877. The molecule has 0 aliphatic heterocycles. The lowest BCUT2D eigenvalue weighted by molar-refractivity contribution is -0.0944. The quantitative estimate of drug-likeness (QED) is 0.494. The van der Waals surface area contributed by atoms with Crippen LogP contribution in [0.2, 0.25) is 0 Å². The van der Waals surface area contributed by atoms with Gasteiger partial charge in [-0.2, -0.15) is 13.2 Å². The second kappa shape index (κ2) is 2.85. The Labute approximate surface area is 50.2 Å². The van der Waals surface area contributed by atoms with Crippen LogP contribution in [0, 0.1) is 0 Å². The molecule has 0 atom stereocenters. The smallest absolute Gasteiger partial charge is 0.215 e. The summed E-state index contributed by atoms with van der Waals surface area (Å²) in [5, 5.41) is 0. The molecular formula is C5H6F4. The zero-order valence-electron chi connectivity index (χ0n) is 4.80. The fraction of sp³-hybridized carbons (Fsp3) is 0.600. The number of hydrogen-bond donors (Lipinski definition) is 0. The first kappa shape index (κ1) is 8.46. The lowest BCUT2D eigenvalue weighted by atomic mass is 10.2. The monoisotopic (exact) mass is 142 g/mol. The minimum Gasteiger partial charge on any atom is -0.215 e. The molecule has 0 saturated heterocycles. The molecule has 9 heavy (non-hydrogen) atoms. The van der Waals surface area contributed by atoms with E-state index in [1.54, 1.807) is 0 Å². The lowest BCUT2D eigenvalue weighted by Gasteiger charge is -2.05. The molecular weight excluding hydrogens is 136 g/mol. The molecule has 0 rings (SSSR count). The van der Waals surface area contributed by atoms with Gasteiger partial charge < -0.3 is 0 Å². The summed E-state index contributed by atoms with van der Waals surface area (Å²) in [7, 11) is 0. The van der Waals surface area contributed by atoms with E-state index in [0.717, 1.165) is 0 Å². The van der Waals surface area contributed by atoms with E-state index < -0.39 is 18.1 Å². The molecule has 0 fully saturated rings. The molecule has 0 aliphatic carbocycles. The number of allylic oxidation sites excluding steroid dienone is 1. The van der Waals surface area contributed by atoms with Crippen molar-refractivity contribution in [1.29, 1.82) is 0 Å². The van der Waals surface area contributed by atoms with E-state index in [1.165, 1.54) is 6.92 Å². The third-order valence-electron chi connectivity index (χ3n) is 0.877. The fourth-order valence-corrected chi connectivity index (χ4v) is 0.339. The standard InChI is InChI=1S/C5H6F4/c1-2-4(3-6)5(7,8)9/h3H,2H2,1H3/b4-3+. The van der Waals surface area contributed by atoms with Gasteiger partial charge in [0.2, 0.25) is 0 Å². The first-order chi connectivity index (χ1) is 4.02. The van der Waals surface area contributed by atoms with Gasteiger partial charge in [-0.05, 0) is 6.42 Å². The molecule has 0 aliphatic rings. The third kappa shape index (κ3) is 2.49. The van der Waals surface area contributed by atoms with Crippen LogP contribution in [0.5, 0.6) is 0 Å². The average molecular weight is 142 g/mol. The molecule has 0 nitrogen and oxygen atoms in total. The Morgan fingerprint density at radius 3 is 1.89 bits per heavy atom. The number of alkyl halides is 3. The van der Waals surface area contributed by atoms with Gasteiger partial charge in [0, 0.05) is 0 Å². The van der Waals surface area contributed by atoms with E-state index in [4.69, 9.17) is 0 Å². The van der Waals surface area contributed by atoms with Crippen LogP contribution < -0.4 is 0 Å². The van der Waals surface area contributed by atoms with Gasteiger partial charge in [-0.3, -0.25) is 0 Å². The average Bonchev–Trinajstić information content (AvgIpc) is 1.65. The molecule has 0 aromatic rings. The molecule has 4 heteroatoms. The summed E-state index contributed by atoms with van der Waals surface area (Å²) >= 11 is 0. The van der Waals surface area contributed by atoms with Gasteiger partial charge in [0.15, 0.2) is 0 Å². The summed E-state index contributed by atoms with van der Waals surface area (Å²) < 4.78 is 45.5. The highest BCUT2D eigenvalue weighted by atomic mass is 19.4. The van der Waals surface area contributed by atoms with Gasteiger partial charge in [0.1, 0.15) is 0 Å². The molecule has 0 spiro atoms. The number of halogens is 4. The van der Waals surface area contributed by atoms with Crippen LogP contribution in [0.25, 0.3) is 0 Å². The molecule has 0 N–H and O–H groups in total. The summed E-state index contributed by atoms with van der Waals surface area (Å²) in [5.74, 6) is 0. The van der Waals surface area contributed by atoms with Crippen molar-refractivity contribution in [3.05, 3.63) is 11.9 Å². The van der Waals surface area contributed by atoms with Crippen LogP contribution in [-0.4, -0.2) is 6.18 Å². The SMILES string of the molecule is CC/C(=C\F)C(F)(F)F. The maximum atomic E-state index is 11.4. The van der Waals surface area contributed by atoms with Gasteiger partial charge in [-0.25, -0.2) is 4.39 Å². The van der Waals surface area contributed by atoms with Gasteiger partial charge in [-0.15, -0.1) is 0 Å². The van der Waals surface area contributed by atoms with Crippen molar-refractivity contribution in [2.45, 2.75) is 19.5 Å². The Bertz CT molecular complexity index is 111. The highest BCUT2D eigenvalue weighted by Crippen LogP contribution is 2.27. The van der Waals surface area contributed by atoms with E-state index in [0.29, 0.717) is 0 Å². The summed E-state index contributed by atoms with van der Waals surface area (Å²) in [5.41, 5.74) is -1.12. The zero-order valence-corrected chi connectivity index (χ0v) is 4.80. The largest absolute Gasteiger partial charge is 0.414 e. The molecule has 0 unspecified atom stereocenters. The molecule has 0 amide bonds. The normalized spacial score (nSPS) is 14.1. The summed E-state index contributed by atoms with van der Waals surface area (Å²) in [6.45, 7) is 1.25. The van der Waals surface area contributed by atoms with Crippen molar-refractivity contribution < 1.29 is 17.6 Å². The molecule has 0 bridgehead atoms. The molecule has 0 radical (unpaired) electrons. The van der Waals surface area contributed by atoms with Crippen molar-refractivity contribution >= 4 is 0 Å². The summed E-state index contributed by atoms with van der Waals surface area (Å²) in [6.07, 6.45) is -5.22. The second-order valence-electron chi connectivity index (χ2n) is 1.49. The summed E-state index contributed by atoms with van der Waals surface area (Å²) in [4.78, 5) is 0. The number of hydrogen-bond acceptors (Lipinski definition) is 0. The highest BCUT2D eigenvalue weighted by molar-refractivity contribution is 5.03. The minimum atomic E-state index is -4.50. The predicted molar refractivity (Wildman–Crippen MR) is 25.5 cm³/mol. The van der Waals surface area contributed by atoms with Gasteiger partial charge in [0.05, 0.1) is 11.9 Å². The van der Waals surface area contributed by atoms with Gasteiger partial charge in [-0.1, -0.05) is 6.92 Å². The lowest BCUT2D eigenvalue weighted by Crippen LogP contribution is -2.10. The van der Waals surface area contributed by atoms with E-state index >= 15 is 0 Å². The van der Waals surface area contributed by atoms with E-state index in [9.17, 15) is 17.6 Å². The molecule has 0 aromatic heterocycles. The van der Waals surface area contributed by atoms with Crippen molar-refractivity contribution in [3.63, 3.8) is 0 Å². The van der Waals surface area contributed by atoms with Crippen LogP contribution in [0.3, 0.4) is 0 Å². The molecule has 0 aromatic carbocycles. The summed E-state index contributed by atoms with van der Waals surface area (Å²) in [6, 6.07) is 0. The van der Waals surface area contributed by atoms with Gasteiger partial charge >= 0.3 is 6.18 Å². The Morgan fingerprint density at radius 2 is 1.89 bits per heavy atom. The van der Waals surface area contributed by atoms with Crippen LogP contribution in [-0.2, 0) is 0 Å². The topological polar surface area (TPSA) is 0 Å². The highest BCUT2D eigenvalue weighted by Gasteiger charge is 2.32. The molecule has 0 heterocycles. The van der Waals surface area contributed by atoms with Crippen LogP contribution in [0.1, 0.15) is 13.3 Å². The maximum Gasteiger partial charge on any atom is 0.414 e. The van der Waals surface area contributed by atoms with Gasteiger partial charge in [0.25, 0.3) is 0 Å². The predicted octanol–water partition coefficient (Wildman–Crippen LogP) is 2.81. The Balaban J connectivity index is 4.14. The van der Waals surface area contributed by atoms with Crippen molar-refractivity contribution in [1.82, 2.24) is 0 Å². The Morgan fingerprint density at radius 1 is 1.44 bits per heavy atom. The zero-order chi connectivity index (χ0) is 7.49. The van der Waals surface area contributed by atoms with E-state index in [2.05, 4.69) is 0 Å². The first-order valence-corrected chi connectivity index (χ1v) is 2.38. The van der Waals surface area contributed by atoms with Crippen molar-refractivity contribution in [2.75, 3.05) is 0 Å². The van der Waals surface area contributed by atoms with E-state index in [1.807, 2.05) is 0 Å². The number of rotatable bonds is 1. The van der Waals surface area contributed by atoms with Crippen molar-refractivity contribution in [2.24, 2.45) is 0 Å². The maximum absolute atomic E-state index is 11.4. The molecule has 54 valence electrons. The molecule has 0 saturated carbocycles. The van der Waals surface area contributed by atoms with Crippen LogP contribution >= 0.6 is 0 Å². The second-order valence-corrected chi connectivity index (χ2v) is 1.49. The Kier molecular flexibility index (Phi) is 2.67. The minimum absolute atomic E-state index is 0.319. The van der Waals surface area contributed by atoms with E-state index in [-0.39, 0.29) is 6.42 Å². The van der Waals surface area contributed by atoms with Crippen molar-refractivity contribution in [3.8, 4) is 0 Å².